The molecule has 0 heterocycles. The van der Waals surface area contributed by atoms with Crippen molar-refractivity contribution >= 4 is 11.7 Å². The van der Waals surface area contributed by atoms with Crippen LogP contribution < -0.4 is 15.8 Å². The molecule has 4 saturated carbocycles. The number of nitriles is 1. The summed E-state index contributed by atoms with van der Waals surface area (Å²) in [6.45, 7) is 3.69. The molecule has 0 aromatic heterocycles. The highest BCUT2D eigenvalue weighted by Crippen LogP contribution is 2.60. The predicted octanol–water partition coefficient (Wildman–Crippen LogP) is 4.03. The Morgan fingerprint density at radius 3 is 2.35 bits per heavy atom. The molecule has 184 valence electrons. The lowest BCUT2D eigenvalue weighted by atomic mass is 9.47. The normalized spacial score (nSPS) is 30.6. The van der Waals surface area contributed by atoms with Crippen LogP contribution >= 0.6 is 0 Å². The van der Waals surface area contributed by atoms with Gasteiger partial charge in [-0.3, -0.25) is 4.79 Å². The third kappa shape index (κ3) is 4.99. The summed E-state index contributed by atoms with van der Waals surface area (Å²) in [5.41, 5.74) is 5.07. The number of rotatable bonds is 7. The molecule has 0 aliphatic heterocycles. The number of amides is 1. The minimum Gasteiger partial charge on any atom is -0.406 e. The number of hydrogen-bond donors (Lipinski definition) is 2. The lowest BCUT2D eigenvalue weighted by Gasteiger charge is -2.59. The highest BCUT2D eigenvalue weighted by Gasteiger charge is 2.58. The Bertz CT molecular complexity index is 984. The number of aliphatic imine (C=N–C) groups is 1. The molecule has 7 nitrogen and oxygen atoms in total. The number of carbonyl (C=O) groups is 1. The van der Waals surface area contributed by atoms with Crippen molar-refractivity contribution in [2.75, 3.05) is 0 Å². The van der Waals surface area contributed by atoms with Gasteiger partial charge in [0.15, 0.2) is 0 Å². The molecular weight excluding hydrogens is 449 g/mol. The summed E-state index contributed by atoms with van der Waals surface area (Å²) in [6, 6.07) is 5.52. The minimum absolute atomic E-state index is 0.0813. The summed E-state index contributed by atoms with van der Waals surface area (Å²) < 4.78 is 47.0. The zero-order chi connectivity index (χ0) is 24.7. The van der Waals surface area contributed by atoms with E-state index < -0.39 is 17.4 Å². The van der Waals surface area contributed by atoms with Crippen molar-refractivity contribution in [3.8, 4) is 11.9 Å². The third-order valence-electron chi connectivity index (χ3n) is 7.59. The van der Waals surface area contributed by atoms with E-state index in [4.69, 9.17) is 10.5 Å². The quantitative estimate of drug-likeness (QED) is 0.349. The maximum Gasteiger partial charge on any atom is 0.573 e. The first-order valence-corrected chi connectivity index (χ1v) is 11.4. The molecule has 4 bridgehead atoms. The number of benzene rings is 1. The number of carbonyl (C=O) groups excluding carboxylic acids is 1. The van der Waals surface area contributed by atoms with E-state index in [2.05, 4.69) is 15.0 Å². The van der Waals surface area contributed by atoms with E-state index >= 15 is 0 Å². The molecule has 0 radical (unpaired) electrons. The standard InChI is InChI=1S/C24H29F3N4O3/c1-22(2,33-12-14-3-5-18(6-4-14)34-24(25,26)27)21(30-13-28)31-19-16-7-15-8-17(19)11-23(9-15,10-16)20(29)32/h3-6,15-17,19H,7-12H2,1-2H3,(H2,29,32)(H,30,31). The minimum atomic E-state index is -4.75. The fraction of sp³-hybridized carbons (Fsp3) is 0.625. The van der Waals surface area contributed by atoms with Gasteiger partial charge in [0.05, 0.1) is 6.61 Å². The second kappa shape index (κ2) is 8.77. The molecule has 2 atom stereocenters. The number of halogens is 3. The monoisotopic (exact) mass is 478 g/mol. The average molecular weight is 479 g/mol. The topological polar surface area (TPSA) is 110 Å². The molecule has 1 aromatic carbocycles. The van der Waals surface area contributed by atoms with E-state index in [1.54, 1.807) is 13.8 Å². The Kier molecular flexibility index (Phi) is 6.27. The highest BCUT2D eigenvalue weighted by molar-refractivity contribution is 5.91. The summed E-state index contributed by atoms with van der Waals surface area (Å²) in [6.07, 6.45) is 1.53. The Hall–Kier alpha value is -2.80. The molecular formula is C24H29F3N4O3. The molecule has 10 heteroatoms. The van der Waals surface area contributed by atoms with E-state index in [-0.39, 0.29) is 36.1 Å². The third-order valence-corrected chi connectivity index (χ3v) is 7.59. The van der Waals surface area contributed by atoms with Crippen molar-refractivity contribution in [1.82, 2.24) is 5.32 Å². The fourth-order valence-corrected chi connectivity index (χ4v) is 6.23. The number of amidine groups is 1. The lowest BCUT2D eigenvalue weighted by molar-refractivity contribution is -0.274. The summed E-state index contributed by atoms with van der Waals surface area (Å²) >= 11 is 0. The number of nitrogens with one attached hydrogen (secondary N) is 1. The second-order valence-corrected chi connectivity index (χ2v) is 10.3. The van der Waals surface area contributed by atoms with Crippen LogP contribution in [0.1, 0.15) is 51.5 Å². The van der Waals surface area contributed by atoms with Crippen molar-refractivity contribution in [2.24, 2.45) is 33.9 Å². The van der Waals surface area contributed by atoms with Crippen LogP contribution in [0.2, 0.25) is 0 Å². The van der Waals surface area contributed by atoms with Gasteiger partial charge >= 0.3 is 6.36 Å². The van der Waals surface area contributed by atoms with Gasteiger partial charge in [0.25, 0.3) is 0 Å². The van der Waals surface area contributed by atoms with Crippen LogP contribution in [0.5, 0.6) is 5.75 Å². The van der Waals surface area contributed by atoms with Crippen molar-refractivity contribution in [1.29, 1.82) is 5.26 Å². The molecule has 2 unspecified atom stereocenters. The van der Waals surface area contributed by atoms with Crippen LogP contribution in [0.4, 0.5) is 13.2 Å². The number of nitrogens with two attached hydrogens (primary N) is 1. The number of primary amides is 1. The summed E-state index contributed by atoms with van der Waals surface area (Å²) in [4.78, 5) is 16.2. The summed E-state index contributed by atoms with van der Waals surface area (Å²) in [5, 5.41) is 12.8. The van der Waals surface area contributed by atoms with Gasteiger partial charge in [-0.1, -0.05) is 12.1 Å². The lowest BCUT2D eigenvalue weighted by Crippen LogP contribution is -2.63. The van der Waals surface area contributed by atoms with Gasteiger partial charge in [0, 0.05) is 11.5 Å². The molecule has 0 spiro atoms. The Morgan fingerprint density at radius 2 is 1.82 bits per heavy atom. The van der Waals surface area contributed by atoms with Crippen LogP contribution in [0, 0.1) is 34.6 Å². The Balaban J connectivity index is 1.42. The van der Waals surface area contributed by atoms with Crippen LogP contribution in [0.15, 0.2) is 29.3 Å². The number of ether oxygens (including phenoxy) is 2. The number of alkyl halides is 3. The smallest absolute Gasteiger partial charge is 0.406 e. The summed E-state index contributed by atoms with van der Waals surface area (Å²) in [7, 11) is 0. The maximum atomic E-state index is 12.4. The van der Waals surface area contributed by atoms with Gasteiger partial charge in [-0.05, 0) is 81.4 Å². The molecule has 4 fully saturated rings. The zero-order valence-corrected chi connectivity index (χ0v) is 19.2. The van der Waals surface area contributed by atoms with Crippen molar-refractivity contribution < 1.29 is 27.4 Å². The number of nitrogens with zero attached hydrogens (tertiary/aromatic N) is 2. The van der Waals surface area contributed by atoms with Crippen LogP contribution in [-0.4, -0.2) is 29.7 Å². The first-order valence-electron chi connectivity index (χ1n) is 11.4. The number of hydrogen-bond acceptors (Lipinski definition) is 5. The highest BCUT2D eigenvalue weighted by atomic mass is 19.4. The van der Waals surface area contributed by atoms with E-state index in [0.717, 1.165) is 32.1 Å². The van der Waals surface area contributed by atoms with Crippen molar-refractivity contribution in [3.05, 3.63) is 29.8 Å². The van der Waals surface area contributed by atoms with E-state index in [0.29, 0.717) is 17.3 Å². The first-order chi connectivity index (χ1) is 15.9. The molecule has 1 amide bonds. The van der Waals surface area contributed by atoms with Gasteiger partial charge in [0.2, 0.25) is 12.1 Å². The molecule has 4 aliphatic carbocycles. The van der Waals surface area contributed by atoms with Crippen molar-refractivity contribution in [3.63, 3.8) is 0 Å². The SMILES string of the molecule is CC(C)(OCc1ccc(OC(F)(F)F)cc1)/C(=N\C#N)NC1C2CC3CC1CC(C(N)=O)(C3)C2. The van der Waals surface area contributed by atoms with Gasteiger partial charge in [0.1, 0.15) is 17.2 Å². The zero-order valence-electron chi connectivity index (χ0n) is 19.2. The molecule has 1 aromatic rings. The second-order valence-electron chi connectivity index (χ2n) is 10.3. The van der Waals surface area contributed by atoms with Gasteiger partial charge in [-0.15, -0.1) is 13.2 Å². The Labute approximate surface area is 196 Å². The molecule has 0 saturated heterocycles. The van der Waals surface area contributed by atoms with Crippen LogP contribution in [0.25, 0.3) is 0 Å². The fourth-order valence-electron chi connectivity index (χ4n) is 6.23. The first kappa shape index (κ1) is 24.3. The predicted molar refractivity (Wildman–Crippen MR) is 117 cm³/mol. The van der Waals surface area contributed by atoms with Crippen molar-refractivity contribution in [2.45, 2.75) is 70.6 Å². The van der Waals surface area contributed by atoms with Crippen LogP contribution in [0.3, 0.4) is 0 Å². The average Bonchev–Trinajstić information content (AvgIpc) is 2.73. The van der Waals surface area contributed by atoms with E-state index in [1.165, 1.54) is 24.3 Å². The summed E-state index contributed by atoms with van der Waals surface area (Å²) in [5.74, 6) is 0.955. The van der Waals surface area contributed by atoms with Gasteiger partial charge < -0.3 is 20.5 Å². The maximum absolute atomic E-state index is 12.4. The largest absolute Gasteiger partial charge is 0.573 e. The van der Waals surface area contributed by atoms with Crippen LogP contribution in [-0.2, 0) is 16.1 Å². The Morgan fingerprint density at radius 1 is 1.21 bits per heavy atom. The van der Waals surface area contributed by atoms with Gasteiger partial charge in [-0.2, -0.15) is 10.3 Å². The van der Waals surface area contributed by atoms with Gasteiger partial charge in [-0.25, -0.2) is 0 Å². The molecule has 34 heavy (non-hydrogen) atoms. The molecule has 5 rings (SSSR count). The van der Waals surface area contributed by atoms with E-state index in [1.807, 2.05) is 6.19 Å². The molecule has 4 aliphatic rings. The molecule has 3 N–H and O–H groups in total. The van der Waals surface area contributed by atoms with E-state index in [9.17, 15) is 23.2 Å².